The van der Waals surface area contributed by atoms with Crippen LogP contribution < -0.4 is 15.1 Å². The first kappa shape index (κ1) is 21.5. The summed E-state index contributed by atoms with van der Waals surface area (Å²) >= 11 is 6.00. The minimum absolute atomic E-state index is 0.000567. The van der Waals surface area contributed by atoms with Crippen molar-refractivity contribution in [1.82, 2.24) is 4.98 Å². The van der Waals surface area contributed by atoms with E-state index < -0.39 is 5.97 Å². The van der Waals surface area contributed by atoms with Gasteiger partial charge in [-0.3, -0.25) is 4.79 Å². The average molecular weight is 465 g/mol. The van der Waals surface area contributed by atoms with Gasteiger partial charge in [-0.2, -0.15) is 0 Å². The molecule has 1 aliphatic heterocycles. The zero-order valence-electron chi connectivity index (χ0n) is 18.1. The number of hydrogen-bond donors (Lipinski definition) is 2. The van der Waals surface area contributed by atoms with Crippen molar-refractivity contribution in [2.75, 3.05) is 41.3 Å². The summed E-state index contributed by atoms with van der Waals surface area (Å²) in [6.45, 7) is 3.07. The molecule has 33 heavy (non-hydrogen) atoms. The third-order valence-electron chi connectivity index (χ3n) is 6.56. The second-order valence-electron chi connectivity index (χ2n) is 8.63. The lowest BCUT2D eigenvalue weighted by Crippen LogP contribution is -2.46. The molecule has 5 rings (SSSR count). The lowest BCUT2D eigenvalue weighted by Gasteiger charge is -2.37. The predicted molar refractivity (Wildman–Crippen MR) is 131 cm³/mol. The summed E-state index contributed by atoms with van der Waals surface area (Å²) in [5, 5.41) is 14.0. The fourth-order valence-electron chi connectivity index (χ4n) is 4.39. The Labute approximate surface area is 197 Å². The van der Waals surface area contributed by atoms with Gasteiger partial charge in [-0.15, -0.1) is 0 Å². The van der Waals surface area contributed by atoms with E-state index in [-0.39, 0.29) is 17.4 Å². The van der Waals surface area contributed by atoms with Crippen LogP contribution in [0.1, 0.15) is 29.6 Å². The number of pyridine rings is 1. The number of piperazine rings is 1. The molecule has 0 unspecified atom stereocenters. The number of nitrogens with one attached hydrogen (secondary N) is 1. The first-order valence-corrected chi connectivity index (χ1v) is 11.6. The molecule has 2 aromatic carbocycles. The molecule has 1 aliphatic carbocycles. The van der Waals surface area contributed by atoms with Gasteiger partial charge in [-0.1, -0.05) is 18.0 Å². The number of hydrogen-bond acceptors (Lipinski definition) is 5. The van der Waals surface area contributed by atoms with Crippen molar-refractivity contribution in [3.8, 4) is 0 Å². The van der Waals surface area contributed by atoms with Gasteiger partial charge in [0.15, 0.2) is 0 Å². The highest BCUT2D eigenvalue weighted by Crippen LogP contribution is 2.30. The quantitative estimate of drug-likeness (QED) is 0.571. The van der Waals surface area contributed by atoms with E-state index in [9.17, 15) is 14.7 Å². The van der Waals surface area contributed by atoms with Gasteiger partial charge in [0.2, 0.25) is 5.91 Å². The van der Waals surface area contributed by atoms with Crippen LogP contribution in [0.25, 0.3) is 10.9 Å². The topological polar surface area (TPSA) is 85.8 Å². The maximum atomic E-state index is 12.3. The number of fused-ring (bicyclic) bond motifs is 1. The summed E-state index contributed by atoms with van der Waals surface area (Å²) in [4.78, 5) is 33.5. The Balaban J connectivity index is 1.36. The van der Waals surface area contributed by atoms with Crippen LogP contribution in [-0.2, 0) is 4.79 Å². The molecule has 2 aliphatic rings. The number of amides is 1. The van der Waals surface area contributed by atoms with Gasteiger partial charge in [0.05, 0.1) is 11.1 Å². The van der Waals surface area contributed by atoms with Crippen molar-refractivity contribution >= 4 is 51.6 Å². The molecular weight excluding hydrogens is 440 g/mol. The van der Waals surface area contributed by atoms with Crippen LogP contribution >= 0.6 is 11.6 Å². The molecule has 7 nitrogen and oxygen atoms in total. The van der Waals surface area contributed by atoms with Crippen molar-refractivity contribution < 1.29 is 14.7 Å². The number of rotatable bonds is 5. The van der Waals surface area contributed by atoms with Crippen LogP contribution in [0.15, 0.2) is 48.5 Å². The van der Waals surface area contributed by atoms with E-state index in [0.29, 0.717) is 27.4 Å². The van der Waals surface area contributed by atoms with Crippen molar-refractivity contribution in [3.63, 3.8) is 0 Å². The van der Waals surface area contributed by atoms with E-state index in [0.717, 1.165) is 51.1 Å². The summed E-state index contributed by atoms with van der Waals surface area (Å²) in [5.41, 5.74) is 2.52. The Kier molecular flexibility index (Phi) is 5.81. The number of anilines is 3. The SMILES string of the molecule is O=C(O)c1cc(N2CCN(c3ccc(Cl)cc3)CC2)nc2ccc(NC(=O)C3CCC3)cc12. The Bertz CT molecular complexity index is 1200. The number of aromatic carboxylic acids is 1. The van der Waals surface area contributed by atoms with Crippen LogP contribution in [0.5, 0.6) is 0 Å². The second kappa shape index (κ2) is 8.90. The first-order chi connectivity index (χ1) is 16.0. The van der Waals surface area contributed by atoms with Crippen LogP contribution in [0, 0.1) is 5.92 Å². The van der Waals surface area contributed by atoms with Crippen molar-refractivity contribution in [1.29, 1.82) is 0 Å². The number of carboxylic acid groups (broad SMARTS) is 1. The Morgan fingerprint density at radius 2 is 1.67 bits per heavy atom. The van der Waals surface area contributed by atoms with Gasteiger partial charge in [0.25, 0.3) is 0 Å². The zero-order valence-corrected chi connectivity index (χ0v) is 18.9. The van der Waals surface area contributed by atoms with E-state index >= 15 is 0 Å². The molecule has 1 amide bonds. The van der Waals surface area contributed by atoms with E-state index in [2.05, 4.69) is 15.1 Å². The minimum atomic E-state index is -1.01. The molecule has 0 radical (unpaired) electrons. The molecule has 0 atom stereocenters. The molecular formula is C25H25ClN4O3. The van der Waals surface area contributed by atoms with Crippen molar-refractivity contribution in [2.24, 2.45) is 5.92 Å². The first-order valence-electron chi connectivity index (χ1n) is 11.2. The monoisotopic (exact) mass is 464 g/mol. The van der Waals surface area contributed by atoms with E-state index in [1.165, 1.54) is 0 Å². The molecule has 170 valence electrons. The molecule has 1 aromatic heterocycles. The normalized spacial score (nSPS) is 16.5. The number of benzene rings is 2. The highest BCUT2D eigenvalue weighted by atomic mass is 35.5. The summed E-state index contributed by atoms with van der Waals surface area (Å²) in [7, 11) is 0. The summed E-state index contributed by atoms with van der Waals surface area (Å²) in [6.07, 6.45) is 2.91. The molecule has 1 saturated carbocycles. The van der Waals surface area contributed by atoms with Crippen LogP contribution in [0.3, 0.4) is 0 Å². The van der Waals surface area contributed by atoms with Gasteiger partial charge in [0.1, 0.15) is 5.82 Å². The van der Waals surface area contributed by atoms with Crippen LogP contribution in [0.4, 0.5) is 17.2 Å². The lowest BCUT2D eigenvalue weighted by atomic mass is 9.85. The Morgan fingerprint density at radius 1 is 0.970 bits per heavy atom. The van der Waals surface area contributed by atoms with Gasteiger partial charge in [-0.05, 0) is 61.4 Å². The van der Waals surface area contributed by atoms with Crippen molar-refractivity contribution in [3.05, 3.63) is 59.1 Å². The molecule has 0 spiro atoms. The summed E-state index contributed by atoms with van der Waals surface area (Å²) in [6, 6.07) is 14.7. The largest absolute Gasteiger partial charge is 0.478 e. The smallest absolute Gasteiger partial charge is 0.336 e. The maximum Gasteiger partial charge on any atom is 0.336 e. The van der Waals surface area contributed by atoms with Crippen LogP contribution in [-0.4, -0.2) is 48.1 Å². The molecule has 8 heteroatoms. The summed E-state index contributed by atoms with van der Waals surface area (Å²) in [5.74, 6) is -0.292. The fourth-order valence-corrected chi connectivity index (χ4v) is 4.51. The number of nitrogens with zero attached hydrogens (tertiary/aromatic N) is 3. The van der Waals surface area contributed by atoms with Gasteiger partial charge >= 0.3 is 5.97 Å². The predicted octanol–water partition coefficient (Wildman–Crippen LogP) is 4.65. The van der Waals surface area contributed by atoms with Crippen molar-refractivity contribution in [2.45, 2.75) is 19.3 Å². The van der Waals surface area contributed by atoms with Gasteiger partial charge < -0.3 is 20.2 Å². The van der Waals surface area contributed by atoms with Gasteiger partial charge in [-0.25, -0.2) is 9.78 Å². The molecule has 2 N–H and O–H groups in total. The minimum Gasteiger partial charge on any atom is -0.478 e. The third kappa shape index (κ3) is 4.46. The van der Waals surface area contributed by atoms with E-state index in [1.807, 2.05) is 24.3 Å². The average Bonchev–Trinajstić information content (AvgIpc) is 2.77. The van der Waals surface area contributed by atoms with E-state index in [1.54, 1.807) is 24.3 Å². The fraction of sp³-hybridized carbons (Fsp3) is 0.320. The zero-order chi connectivity index (χ0) is 22.9. The number of halogens is 1. The number of carboxylic acids is 1. The maximum absolute atomic E-state index is 12.3. The molecule has 1 saturated heterocycles. The lowest BCUT2D eigenvalue weighted by molar-refractivity contribution is -0.122. The number of carbonyl (C=O) groups excluding carboxylic acids is 1. The van der Waals surface area contributed by atoms with Crippen LogP contribution in [0.2, 0.25) is 5.02 Å². The molecule has 2 fully saturated rings. The standard InChI is InChI=1S/C25H25ClN4O3/c26-17-4-7-19(8-5-17)29-10-12-30(13-11-29)23-15-21(25(32)33)20-14-18(6-9-22(20)28-23)27-24(31)16-2-1-3-16/h4-9,14-16H,1-3,10-13H2,(H,27,31)(H,32,33). The number of carbonyl (C=O) groups is 2. The third-order valence-corrected chi connectivity index (χ3v) is 6.82. The summed E-state index contributed by atoms with van der Waals surface area (Å²) < 4.78 is 0. The molecule has 0 bridgehead atoms. The highest BCUT2D eigenvalue weighted by molar-refractivity contribution is 6.30. The number of aromatic nitrogens is 1. The van der Waals surface area contributed by atoms with E-state index in [4.69, 9.17) is 16.6 Å². The molecule has 2 heterocycles. The Morgan fingerprint density at radius 3 is 2.30 bits per heavy atom. The molecule has 3 aromatic rings. The highest BCUT2D eigenvalue weighted by Gasteiger charge is 2.26. The van der Waals surface area contributed by atoms with Gasteiger partial charge in [0, 0.05) is 53.9 Å². The second-order valence-corrected chi connectivity index (χ2v) is 9.07. The Hall–Kier alpha value is -3.32.